The fourth-order valence-electron chi connectivity index (χ4n) is 3.64. The van der Waals surface area contributed by atoms with Crippen molar-refractivity contribution >= 4 is 23.2 Å². The molecule has 1 heterocycles. The van der Waals surface area contributed by atoms with E-state index >= 15 is 0 Å². The fraction of sp³-hybridized carbons (Fsp3) is 0.125. The molecule has 0 aliphatic heterocycles. The van der Waals surface area contributed by atoms with Crippen molar-refractivity contribution in [1.29, 1.82) is 0 Å². The Balaban J connectivity index is 1.63. The molecule has 1 amide bonds. The van der Waals surface area contributed by atoms with Crippen LogP contribution in [0.15, 0.2) is 88.8 Å². The molecular formula is C24H22N4O3. The molecule has 2 N–H and O–H groups in total. The highest BCUT2D eigenvalue weighted by atomic mass is 16.3. The first-order valence-electron chi connectivity index (χ1n) is 9.75. The van der Waals surface area contributed by atoms with Crippen LogP contribution in [0.1, 0.15) is 16.7 Å². The lowest BCUT2D eigenvalue weighted by Crippen LogP contribution is -2.43. The van der Waals surface area contributed by atoms with Crippen LogP contribution >= 0.6 is 0 Å². The number of aromatic nitrogens is 2. The number of amides is 1. The molecular weight excluding hydrogens is 392 g/mol. The molecule has 4 rings (SSSR count). The summed E-state index contributed by atoms with van der Waals surface area (Å²) in [6, 6.07) is 22.9. The van der Waals surface area contributed by atoms with E-state index in [1.165, 1.54) is 6.21 Å². The fourth-order valence-corrected chi connectivity index (χ4v) is 3.64. The van der Waals surface area contributed by atoms with Gasteiger partial charge in [0.1, 0.15) is 0 Å². The van der Waals surface area contributed by atoms with Gasteiger partial charge in [0, 0.05) is 14.1 Å². The van der Waals surface area contributed by atoms with Crippen LogP contribution in [-0.2, 0) is 24.5 Å². The summed E-state index contributed by atoms with van der Waals surface area (Å²) in [6.07, 6.45) is 1.48. The molecule has 4 aromatic rings. The minimum atomic E-state index is -1.90. The molecule has 31 heavy (non-hydrogen) atoms. The van der Waals surface area contributed by atoms with Crippen molar-refractivity contribution in [2.24, 2.45) is 19.2 Å². The van der Waals surface area contributed by atoms with Crippen molar-refractivity contribution in [3.05, 3.63) is 106 Å². The number of nitrogens with one attached hydrogen (secondary N) is 1. The monoisotopic (exact) mass is 414 g/mol. The van der Waals surface area contributed by atoms with Crippen LogP contribution in [0.2, 0.25) is 0 Å². The maximum atomic E-state index is 13.0. The first-order valence-corrected chi connectivity index (χ1v) is 9.75. The van der Waals surface area contributed by atoms with Crippen LogP contribution < -0.4 is 11.1 Å². The second-order valence-corrected chi connectivity index (χ2v) is 7.29. The molecule has 0 aliphatic rings. The third kappa shape index (κ3) is 3.55. The predicted octanol–water partition coefficient (Wildman–Crippen LogP) is 2.26. The quantitative estimate of drug-likeness (QED) is 0.388. The molecule has 156 valence electrons. The first-order chi connectivity index (χ1) is 14.9. The molecule has 1 aromatic heterocycles. The summed E-state index contributed by atoms with van der Waals surface area (Å²) in [4.78, 5) is 25.1. The molecule has 0 bridgehead atoms. The highest BCUT2D eigenvalue weighted by molar-refractivity contribution is 5.92. The molecule has 7 heteroatoms. The number of carbonyl (C=O) groups excluding carboxylic acids is 1. The summed E-state index contributed by atoms with van der Waals surface area (Å²) in [5.74, 6) is -0.672. The molecule has 0 spiro atoms. The van der Waals surface area contributed by atoms with Crippen LogP contribution in [-0.4, -0.2) is 26.4 Å². The van der Waals surface area contributed by atoms with Gasteiger partial charge in [-0.15, -0.1) is 0 Å². The molecule has 0 saturated heterocycles. The number of rotatable bonds is 5. The Morgan fingerprint density at radius 2 is 1.45 bits per heavy atom. The van der Waals surface area contributed by atoms with Gasteiger partial charge in [0.05, 0.1) is 17.2 Å². The number of benzene rings is 3. The van der Waals surface area contributed by atoms with Crippen LogP contribution in [0.3, 0.4) is 0 Å². The van der Waals surface area contributed by atoms with Gasteiger partial charge < -0.3 is 5.11 Å². The van der Waals surface area contributed by atoms with E-state index in [9.17, 15) is 14.7 Å². The number of fused-ring (bicyclic) bond motifs is 1. The molecule has 0 unspecified atom stereocenters. The number of aliphatic hydroxyl groups is 1. The molecule has 7 nitrogen and oxygen atoms in total. The van der Waals surface area contributed by atoms with Gasteiger partial charge in [0.25, 0.3) is 5.91 Å². The zero-order valence-corrected chi connectivity index (χ0v) is 17.2. The maximum Gasteiger partial charge on any atom is 0.328 e. The number of carbonyl (C=O) groups is 1. The van der Waals surface area contributed by atoms with Gasteiger partial charge in [-0.2, -0.15) is 5.10 Å². The number of hydrogen-bond donors (Lipinski definition) is 2. The van der Waals surface area contributed by atoms with Crippen LogP contribution in [0.25, 0.3) is 11.0 Å². The molecule has 0 radical (unpaired) electrons. The molecule has 0 atom stereocenters. The Morgan fingerprint density at radius 3 is 2.03 bits per heavy atom. The Hall–Kier alpha value is -3.97. The highest BCUT2D eigenvalue weighted by Crippen LogP contribution is 2.29. The van der Waals surface area contributed by atoms with Gasteiger partial charge in [-0.05, 0) is 28.8 Å². The summed E-state index contributed by atoms with van der Waals surface area (Å²) in [7, 11) is 3.42. The smallest absolute Gasteiger partial charge is 0.328 e. The number of hydrogen-bond acceptors (Lipinski definition) is 4. The van der Waals surface area contributed by atoms with Crippen molar-refractivity contribution in [3.63, 3.8) is 0 Å². The van der Waals surface area contributed by atoms with E-state index < -0.39 is 11.5 Å². The zero-order valence-electron chi connectivity index (χ0n) is 17.2. The average Bonchev–Trinajstić information content (AvgIpc) is 3.03. The Labute approximate surface area is 178 Å². The lowest BCUT2D eigenvalue weighted by atomic mass is 9.85. The van der Waals surface area contributed by atoms with Crippen molar-refractivity contribution < 1.29 is 9.90 Å². The van der Waals surface area contributed by atoms with Crippen molar-refractivity contribution in [1.82, 2.24) is 14.6 Å². The van der Waals surface area contributed by atoms with Crippen LogP contribution in [0.4, 0.5) is 0 Å². The van der Waals surface area contributed by atoms with Gasteiger partial charge in [-0.3, -0.25) is 13.9 Å². The van der Waals surface area contributed by atoms with Gasteiger partial charge in [-0.1, -0.05) is 66.7 Å². The predicted molar refractivity (Wildman–Crippen MR) is 120 cm³/mol. The Bertz CT molecular complexity index is 1280. The van der Waals surface area contributed by atoms with Gasteiger partial charge in [0.2, 0.25) is 0 Å². The highest BCUT2D eigenvalue weighted by Gasteiger charge is 2.39. The number of hydrazone groups is 1. The third-order valence-corrected chi connectivity index (χ3v) is 5.39. The van der Waals surface area contributed by atoms with Gasteiger partial charge >= 0.3 is 5.69 Å². The standard InChI is InChI=1S/C24H22N4O3/c1-27-20-14-13-17(15-21(20)28(2)23(27)30)16-25-26-22(29)24(31,18-9-5-3-6-10-18)19-11-7-4-8-12-19/h3-16,31H,1-2H3,(H,26,29). The lowest BCUT2D eigenvalue weighted by molar-refractivity contribution is -0.136. The largest absolute Gasteiger partial charge is 0.372 e. The van der Waals surface area contributed by atoms with E-state index in [1.807, 2.05) is 24.3 Å². The normalized spacial score (nSPS) is 11.8. The minimum absolute atomic E-state index is 0.117. The maximum absolute atomic E-state index is 13.0. The first kappa shape index (κ1) is 20.3. The number of aryl methyl sites for hydroxylation is 2. The van der Waals surface area contributed by atoms with Crippen LogP contribution in [0.5, 0.6) is 0 Å². The zero-order chi connectivity index (χ0) is 22.0. The Morgan fingerprint density at radius 1 is 0.903 bits per heavy atom. The van der Waals surface area contributed by atoms with Crippen molar-refractivity contribution in [3.8, 4) is 0 Å². The summed E-state index contributed by atoms with van der Waals surface area (Å²) in [5.41, 5.74) is 3.59. The second kappa shape index (κ2) is 8.04. The minimum Gasteiger partial charge on any atom is -0.372 e. The summed E-state index contributed by atoms with van der Waals surface area (Å²) in [5, 5.41) is 15.4. The average molecular weight is 414 g/mol. The SMILES string of the molecule is Cn1c(=O)n(C)c2cc(C=NNC(=O)C(O)(c3ccccc3)c3ccccc3)ccc21. The lowest BCUT2D eigenvalue weighted by Gasteiger charge is -2.27. The van der Waals surface area contributed by atoms with Crippen molar-refractivity contribution in [2.45, 2.75) is 5.60 Å². The van der Waals surface area contributed by atoms with E-state index in [0.29, 0.717) is 16.7 Å². The molecule has 3 aromatic carbocycles. The number of nitrogens with zero attached hydrogens (tertiary/aromatic N) is 3. The molecule has 0 aliphatic carbocycles. The van der Waals surface area contributed by atoms with Gasteiger partial charge in [0.15, 0.2) is 5.60 Å². The third-order valence-electron chi connectivity index (χ3n) is 5.39. The van der Waals surface area contributed by atoms with E-state index in [-0.39, 0.29) is 5.69 Å². The van der Waals surface area contributed by atoms with E-state index in [1.54, 1.807) is 77.8 Å². The van der Waals surface area contributed by atoms with E-state index in [0.717, 1.165) is 11.0 Å². The summed E-state index contributed by atoms with van der Waals surface area (Å²) < 4.78 is 3.12. The van der Waals surface area contributed by atoms with E-state index in [2.05, 4.69) is 10.5 Å². The van der Waals surface area contributed by atoms with E-state index in [4.69, 9.17) is 0 Å². The van der Waals surface area contributed by atoms with Crippen LogP contribution in [0, 0.1) is 0 Å². The summed E-state index contributed by atoms with van der Waals surface area (Å²) >= 11 is 0. The molecule has 0 fully saturated rings. The second-order valence-electron chi connectivity index (χ2n) is 7.29. The topological polar surface area (TPSA) is 88.6 Å². The Kier molecular flexibility index (Phi) is 5.27. The van der Waals surface area contributed by atoms with Crippen molar-refractivity contribution in [2.75, 3.05) is 0 Å². The molecule has 0 saturated carbocycles. The summed E-state index contributed by atoms with van der Waals surface area (Å²) in [6.45, 7) is 0. The number of imidazole rings is 1. The van der Waals surface area contributed by atoms with Gasteiger partial charge in [-0.25, -0.2) is 10.2 Å².